The average molecular weight is 243 g/mol. The lowest BCUT2D eigenvalue weighted by atomic mass is 10.1. The van der Waals surface area contributed by atoms with Crippen molar-refractivity contribution in [3.05, 3.63) is 30.7 Å². The molecular formula is C10H8F3N3O. The van der Waals surface area contributed by atoms with Crippen LogP contribution < -0.4 is 4.74 Å². The second kappa shape index (κ2) is 4.08. The van der Waals surface area contributed by atoms with Gasteiger partial charge >= 0.3 is 6.36 Å². The van der Waals surface area contributed by atoms with Crippen LogP contribution in [0.1, 0.15) is 0 Å². The molecule has 2 aromatic rings. The van der Waals surface area contributed by atoms with E-state index < -0.39 is 12.2 Å². The van der Waals surface area contributed by atoms with Gasteiger partial charge < -0.3 is 4.74 Å². The Hall–Kier alpha value is -2.05. The Morgan fingerprint density at radius 1 is 1.35 bits per heavy atom. The molecule has 90 valence electrons. The highest BCUT2D eigenvalue weighted by Gasteiger charge is 2.33. The topological polar surface area (TPSA) is 39.9 Å². The smallest absolute Gasteiger partial charge is 0.386 e. The van der Waals surface area contributed by atoms with Gasteiger partial charge in [-0.15, -0.1) is 18.3 Å². The summed E-state index contributed by atoms with van der Waals surface area (Å²) >= 11 is 0. The Bertz CT molecular complexity index is 507. The molecule has 0 aliphatic rings. The van der Waals surface area contributed by atoms with E-state index in [0.29, 0.717) is 5.56 Å². The molecule has 4 nitrogen and oxygen atoms in total. The van der Waals surface area contributed by atoms with Gasteiger partial charge in [0, 0.05) is 31.2 Å². The molecule has 0 atom stereocenters. The SMILES string of the molecule is Cn1cc(-c2cccnc2)c(OC(F)(F)F)n1. The lowest BCUT2D eigenvalue weighted by Crippen LogP contribution is -2.18. The summed E-state index contributed by atoms with van der Waals surface area (Å²) in [6.45, 7) is 0. The maximum Gasteiger partial charge on any atom is 0.574 e. The van der Waals surface area contributed by atoms with Crippen molar-refractivity contribution in [3.8, 4) is 17.0 Å². The fourth-order valence-corrected chi connectivity index (χ4v) is 1.37. The molecule has 0 amide bonds. The molecule has 2 rings (SSSR count). The second-order valence-electron chi connectivity index (χ2n) is 3.31. The van der Waals surface area contributed by atoms with Gasteiger partial charge in [0.1, 0.15) is 0 Å². The minimum atomic E-state index is -4.76. The van der Waals surface area contributed by atoms with Gasteiger partial charge in [-0.25, -0.2) is 0 Å². The summed E-state index contributed by atoms with van der Waals surface area (Å²) in [5.74, 6) is -0.479. The molecule has 17 heavy (non-hydrogen) atoms. The van der Waals surface area contributed by atoms with E-state index in [1.54, 1.807) is 12.1 Å². The predicted molar refractivity (Wildman–Crippen MR) is 53.1 cm³/mol. The van der Waals surface area contributed by atoms with E-state index in [2.05, 4.69) is 14.8 Å². The largest absolute Gasteiger partial charge is 0.574 e. The van der Waals surface area contributed by atoms with Crippen LogP contribution in [0.25, 0.3) is 11.1 Å². The van der Waals surface area contributed by atoms with Gasteiger partial charge in [0.25, 0.3) is 0 Å². The van der Waals surface area contributed by atoms with Crippen molar-refractivity contribution in [2.24, 2.45) is 7.05 Å². The summed E-state index contributed by atoms with van der Waals surface area (Å²) in [7, 11) is 1.52. The standard InChI is InChI=1S/C10H8F3N3O/c1-16-6-8(7-3-2-4-14-5-7)9(15-16)17-10(11,12)13/h2-6H,1H3. The summed E-state index contributed by atoms with van der Waals surface area (Å²) in [6, 6.07) is 3.26. The molecule has 2 heterocycles. The normalized spacial score (nSPS) is 11.5. The summed E-state index contributed by atoms with van der Waals surface area (Å²) in [4.78, 5) is 3.83. The van der Waals surface area contributed by atoms with Crippen molar-refractivity contribution < 1.29 is 17.9 Å². The molecule has 0 aliphatic heterocycles. The number of hydrogen-bond donors (Lipinski definition) is 0. The van der Waals surface area contributed by atoms with Crippen LogP contribution in [0.5, 0.6) is 5.88 Å². The monoisotopic (exact) mass is 243 g/mol. The summed E-state index contributed by atoms with van der Waals surface area (Å²) in [5.41, 5.74) is 0.762. The highest BCUT2D eigenvalue weighted by Crippen LogP contribution is 2.31. The van der Waals surface area contributed by atoms with E-state index in [9.17, 15) is 13.2 Å². The first-order valence-corrected chi connectivity index (χ1v) is 4.65. The third-order valence-electron chi connectivity index (χ3n) is 1.98. The van der Waals surface area contributed by atoms with E-state index in [-0.39, 0.29) is 5.56 Å². The number of alkyl halides is 3. The van der Waals surface area contributed by atoms with Crippen LogP contribution in [-0.2, 0) is 7.05 Å². The first-order valence-electron chi connectivity index (χ1n) is 4.65. The molecule has 0 radical (unpaired) electrons. The zero-order chi connectivity index (χ0) is 12.5. The van der Waals surface area contributed by atoms with Gasteiger partial charge in [-0.05, 0) is 6.07 Å². The van der Waals surface area contributed by atoms with Crippen molar-refractivity contribution in [2.45, 2.75) is 6.36 Å². The van der Waals surface area contributed by atoms with E-state index in [4.69, 9.17) is 0 Å². The molecule has 0 N–H and O–H groups in total. The van der Waals surface area contributed by atoms with E-state index in [0.717, 1.165) is 0 Å². The number of rotatable bonds is 2. The Morgan fingerprint density at radius 2 is 2.12 bits per heavy atom. The number of aryl methyl sites for hydroxylation is 1. The quantitative estimate of drug-likeness (QED) is 0.813. The molecule has 0 aromatic carbocycles. The summed E-state index contributed by atoms with van der Waals surface area (Å²) in [5, 5.41) is 3.62. The van der Waals surface area contributed by atoms with Crippen LogP contribution in [0.2, 0.25) is 0 Å². The summed E-state index contributed by atoms with van der Waals surface area (Å²) in [6.07, 6.45) is -0.339. The van der Waals surface area contributed by atoms with Crippen LogP contribution in [-0.4, -0.2) is 21.1 Å². The lowest BCUT2D eigenvalue weighted by molar-refractivity contribution is -0.276. The van der Waals surface area contributed by atoms with Crippen LogP contribution in [0, 0.1) is 0 Å². The van der Waals surface area contributed by atoms with Gasteiger partial charge in [-0.2, -0.15) is 0 Å². The molecule has 7 heteroatoms. The predicted octanol–water partition coefficient (Wildman–Crippen LogP) is 2.38. The highest BCUT2D eigenvalue weighted by molar-refractivity contribution is 5.66. The molecule has 2 aromatic heterocycles. The van der Waals surface area contributed by atoms with Gasteiger partial charge in [0.05, 0.1) is 5.56 Å². The molecule has 0 saturated heterocycles. The van der Waals surface area contributed by atoms with Crippen LogP contribution in [0.4, 0.5) is 13.2 Å². The maximum absolute atomic E-state index is 12.2. The molecule has 0 spiro atoms. The van der Waals surface area contributed by atoms with Gasteiger partial charge in [0.15, 0.2) is 0 Å². The first-order chi connectivity index (χ1) is 7.96. The first kappa shape index (κ1) is 11.4. The minimum absolute atomic E-state index is 0.248. The number of hydrogen-bond acceptors (Lipinski definition) is 3. The second-order valence-corrected chi connectivity index (χ2v) is 3.31. The van der Waals surface area contributed by atoms with Crippen LogP contribution in [0.15, 0.2) is 30.7 Å². The third-order valence-corrected chi connectivity index (χ3v) is 1.98. The number of ether oxygens (including phenoxy) is 1. The number of aromatic nitrogens is 3. The fraction of sp³-hybridized carbons (Fsp3) is 0.200. The molecule has 0 aliphatic carbocycles. The molecular weight excluding hydrogens is 235 g/mol. The Labute approximate surface area is 94.7 Å². The van der Waals surface area contributed by atoms with Crippen molar-refractivity contribution >= 4 is 0 Å². The Balaban J connectivity index is 2.41. The van der Waals surface area contributed by atoms with Crippen molar-refractivity contribution in [1.82, 2.24) is 14.8 Å². The molecule has 0 fully saturated rings. The Kier molecular flexibility index (Phi) is 2.74. The van der Waals surface area contributed by atoms with Crippen molar-refractivity contribution in [1.29, 1.82) is 0 Å². The van der Waals surface area contributed by atoms with Gasteiger partial charge in [-0.3, -0.25) is 9.67 Å². The molecule has 0 saturated carbocycles. The summed E-state index contributed by atoms with van der Waals surface area (Å²) < 4.78 is 41.6. The molecule has 0 bridgehead atoms. The van der Waals surface area contributed by atoms with Gasteiger partial charge in [-0.1, -0.05) is 6.07 Å². The van der Waals surface area contributed by atoms with Crippen LogP contribution in [0.3, 0.4) is 0 Å². The van der Waals surface area contributed by atoms with E-state index in [1.165, 1.54) is 30.3 Å². The average Bonchev–Trinajstić information content (AvgIpc) is 2.58. The number of halogens is 3. The van der Waals surface area contributed by atoms with Crippen molar-refractivity contribution in [2.75, 3.05) is 0 Å². The minimum Gasteiger partial charge on any atom is -0.386 e. The van der Waals surface area contributed by atoms with Gasteiger partial charge in [0.2, 0.25) is 5.88 Å². The zero-order valence-corrected chi connectivity index (χ0v) is 8.77. The van der Waals surface area contributed by atoms with E-state index >= 15 is 0 Å². The number of pyridine rings is 1. The lowest BCUT2D eigenvalue weighted by Gasteiger charge is -2.07. The van der Waals surface area contributed by atoms with Crippen molar-refractivity contribution in [3.63, 3.8) is 0 Å². The fourth-order valence-electron chi connectivity index (χ4n) is 1.37. The van der Waals surface area contributed by atoms with E-state index in [1.807, 2.05) is 0 Å². The maximum atomic E-state index is 12.2. The molecule has 0 unspecified atom stereocenters. The Morgan fingerprint density at radius 3 is 2.71 bits per heavy atom. The van der Waals surface area contributed by atoms with Crippen LogP contribution >= 0.6 is 0 Å². The number of nitrogens with zero attached hydrogens (tertiary/aromatic N) is 3. The zero-order valence-electron chi connectivity index (χ0n) is 8.77. The third kappa shape index (κ3) is 2.74. The highest BCUT2D eigenvalue weighted by atomic mass is 19.4.